The van der Waals surface area contributed by atoms with Crippen molar-refractivity contribution in [1.29, 1.82) is 5.26 Å². The molecule has 8 nitrogen and oxygen atoms in total. The number of alkyl halides is 4. The van der Waals surface area contributed by atoms with E-state index in [1.165, 1.54) is 6.07 Å². The number of nitrogens with zero attached hydrogens (tertiary/aromatic N) is 2. The Bertz CT molecular complexity index is 682. The van der Waals surface area contributed by atoms with Crippen LogP contribution in [0.25, 0.3) is 0 Å². The van der Waals surface area contributed by atoms with Crippen LogP contribution in [0.1, 0.15) is 0 Å². The van der Waals surface area contributed by atoms with Gasteiger partial charge in [-0.25, -0.2) is 4.79 Å². The van der Waals surface area contributed by atoms with Crippen LogP contribution in [0, 0.1) is 11.3 Å². The van der Waals surface area contributed by atoms with Gasteiger partial charge in [0.2, 0.25) is 5.71 Å². The van der Waals surface area contributed by atoms with Gasteiger partial charge in [-0.2, -0.15) is 22.8 Å². The fraction of sp³-hybridized carbons (Fsp3) is 0.167. The molecule has 12 heteroatoms. The molecule has 0 saturated carbocycles. The average Bonchev–Trinajstić information content (AvgIpc) is 2.49. The van der Waals surface area contributed by atoms with Crippen LogP contribution in [0.15, 0.2) is 29.4 Å². The number of benzene rings is 1. The SMILES string of the molecule is N#CC(=NO)C(=O)NC(=O)Nc1ccc(OC(F)C(F)(F)F)cc1. The Balaban J connectivity index is 2.63. The average molecular weight is 348 g/mol. The van der Waals surface area contributed by atoms with Crippen molar-refractivity contribution in [1.82, 2.24) is 5.32 Å². The van der Waals surface area contributed by atoms with Crippen LogP contribution >= 0.6 is 0 Å². The van der Waals surface area contributed by atoms with E-state index in [9.17, 15) is 27.2 Å². The summed E-state index contributed by atoms with van der Waals surface area (Å²) in [4.78, 5) is 22.6. The molecule has 128 valence electrons. The number of nitriles is 1. The fourth-order valence-corrected chi connectivity index (χ4v) is 1.25. The van der Waals surface area contributed by atoms with E-state index in [1.54, 1.807) is 5.32 Å². The number of hydrogen-bond acceptors (Lipinski definition) is 6. The monoisotopic (exact) mass is 348 g/mol. The Morgan fingerprint density at radius 2 is 1.88 bits per heavy atom. The maximum atomic E-state index is 12.7. The summed E-state index contributed by atoms with van der Waals surface area (Å²) in [5, 5.41) is 22.8. The topological polar surface area (TPSA) is 124 Å². The van der Waals surface area contributed by atoms with E-state index >= 15 is 0 Å². The number of nitrogens with one attached hydrogen (secondary N) is 2. The second kappa shape index (κ2) is 7.77. The molecule has 1 aromatic rings. The number of anilines is 1. The van der Waals surface area contributed by atoms with Gasteiger partial charge < -0.3 is 15.3 Å². The maximum Gasteiger partial charge on any atom is 0.457 e. The van der Waals surface area contributed by atoms with Crippen LogP contribution in [-0.2, 0) is 4.79 Å². The third-order valence-electron chi connectivity index (χ3n) is 2.26. The molecule has 3 N–H and O–H groups in total. The molecule has 0 aliphatic rings. The highest BCUT2D eigenvalue weighted by atomic mass is 19.4. The van der Waals surface area contributed by atoms with Crippen molar-refractivity contribution in [3.63, 3.8) is 0 Å². The van der Waals surface area contributed by atoms with Crippen LogP contribution in [0.2, 0.25) is 0 Å². The van der Waals surface area contributed by atoms with Gasteiger partial charge in [0.15, 0.2) is 0 Å². The molecule has 1 unspecified atom stereocenters. The lowest BCUT2D eigenvalue weighted by molar-refractivity contribution is -0.236. The standard InChI is InChI=1S/C12H8F4N4O4/c13-10(12(14,15)16)24-7-3-1-6(2-4-7)18-11(22)19-9(21)8(5-17)20-23/h1-4,10,23H,(H2,18,19,21,22). The number of urea groups is 1. The lowest BCUT2D eigenvalue weighted by Gasteiger charge is -2.14. The molecule has 0 aromatic heterocycles. The van der Waals surface area contributed by atoms with Gasteiger partial charge in [-0.05, 0) is 24.3 Å². The third kappa shape index (κ3) is 5.44. The highest BCUT2D eigenvalue weighted by Gasteiger charge is 2.42. The van der Waals surface area contributed by atoms with E-state index < -0.39 is 35.9 Å². The van der Waals surface area contributed by atoms with Gasteiger partial charge in [0, 0.05) is 5.69 Å². The van der Waals surface area contributed by atoms with Crippen molar-refractivity contribution in [3.8, 4) is 11.8 Å². The van der Waals surface area contributed by atoms with Gasteiger partial charge in [0.25, 0.3) is 5.91 Å². The first-order chi connectivity index (χ1) is 11.2. The summed E-state index contributed by atoms with van der Waals surface area (Å²) in [5.74, 6) is -1.72. The first kappa shape index (κ1) is 18.7. The molecule has 0 spiro atoms. The summed E-state index contributed by atoms with van der Waals surface area (Å²) < 4.78 is 52.6. The molecular formula is C12H8F4N4O4. The maximum absolute atomic E-state index is 12.7. The number of imide groups is 1. The molecule has 0 bridgehead atoms. The summed E-state index contributed by atoms with van der Waals surface area (Å²) in [6.45, 7) is 0. The molecule has 0 aliphatic heterocycles. The molecule has 3 amide bonds. The van der Waals surface area contributed by atoms with Crippen molar-refractivity contribution in [2.45, 2.75) is 12.5 Å². The van der Waals surface area contributed by atoms with Crippen LogP contribution in [-0.4, -0.2) is 35.4 Å². The number of rotatable bonds is 4. The van der Waals surface area contributed by atoms with E-state index in [1.807, 2.05) is 0 Å². The Hall–Kier alpha value is -3.36. The minimum Gasteiger partial charge on any atom is -0.452 e. The summed E-state index contributed by atoms with van der Waals surface area (Å²) in [7, 11) is 0. The molecule has 1 aromatic carbocycles. The second-order valence-corrected chi connectivity index (χ2v) is 3.97. The Morgan fingerprint density at radius 3 is 2.33 bits per heavy atom. The van der Waals surface area contributed by atoms with Gasteiger partial charge in [0.05, 0.1) is 0 Å². The molecule has 0 saturated heterocycles. The summed E-state index contributed by atoms with van der Waals surface area (Å²) >= 11 is 0. The van der Waals surface area contributed by atoms with Crippen molar-refractivity contribution in [3.05, 3.63) is 24.3 Å². The largest absolute Gasteiger partial charge is 0.457 e. The second-order valence-electron chi connectivity index (χ2n) is 3.97. The van der Waals surface area contributed by atoms with Gasteiger partial charge in [0.1, 0.15) is 11.8 Å². The molecule has 0 aliphatic carbocycles. The molecule has 0 radical (unpaired) electrons. The number of carbonyl (C=O) groups is 2. The quantitative estimate of drug-likeness (QED) is 0.332. The number of carbonyl (C=O) groups excluding carboxylic acids is 2. The van der Waals surface area contributed by atoms with Crippen molar-refractivity contribution >= 4 is 23.3 Å². The van der Waals surface area contributed by atoms with Crippen molar-refractivity contribution in [2.75, 3.05) is 5.32 Å². The zero-order valence-electron chi connectivity index (χ0n) is 11.5. The van der Waals surface area contributed by atoms with E-state index in [4.69, 9.17) is 10.5 Å². The predicted molar refractivity (Wildman–Crippen MR) is 70.0 cm³/mol. The minimum atomic E-state index is -5.18. The smallest absolute Gasteiger partial charge is 0.452 e. The zero-order valence-corrected chi connectivity index (χ0v) is 11.5. The molecule has 0 heterocycles. The fourth-order valence-electron chi connectivity index (χ4n) is 1.25. The van der Waals surface area contributed by atoms with E-state index in [2.05, 4.69) is 15.2 Å². The lowest BCUT2D eigenvalue weighted by atomic mass is 10.3. The number of halogens is 4. The number of ether oxygens (including phenoxy) is 1. The normalized spacial score (nSPS) is 12.7. The highest BCUT2D eigenvalue weighted by molar-refractivity contribution is 6.47. The van der Waals surface area contributed by atoms with Gasteiger partial charge in [-0.1, -0.05) is 5.16 Å². The van der Waals surface area contributed by atoms with Crippen molar-refractivity contribution in [2.24, 2.45) is 5.16 Å². The van der Waals surface area contributed by atoms with Gasteiger partial charge in [-0.15, -0.1) is 0 Å². The molecular weight excluding hydrogens is 340 g/mol. The van der Waals surface area contributed by atoms with E-state index in [-0.39, 0.29) is 5.69 Å². The Morgan fingerprint density at radius 1 is 1.29 bits per heavy atom. The van der Waals surface area contributed by atoms with Crippen LogP contribution < -0.4 is 15.4 Å². The first-order valence-corrected chi connectivity index (χ1v) is 5.89. The first-order valence-electron chi connectivity index (χ1n) is 5.89. The van der Waals surface area contributed by atoms with Crippen LogP contribution in [0.5, 0.6) is 5.75 Å². The third-order valence-corrected chi connectivity index (χ3v) is 2.26. The van der Waals surface area contributed by atoms with Crippen LogP contribution in [0.4, 0.5) is 28.0 Å². The molecule has 1 rings (SSSR count). The summed E-state index contributed by atoms with van der Waals surface area (Å²) in [6, 6.07) is 4.17. The Labute approximate surface area is 131 Å². The molecule has 24 heavy (non-hydrogen) atoms. The van der Waals surface area contributed by atoms with Crippen LogP contribution in [0.3, 0.4) is 0 Å². The van der Waals surface area contributed by atoms with Gasteiger partial charge >= 0.3 is 18.6 Å². The predicted octanol–water partition coefficient (Wildman–Crippen LogP) is 1.93. The molecule has 0 fully saturated rings. The number of amides is 3. The van der Waals surface area contributed by atoms with E-state index in [0.717, 1.165) is 24.3 Å². The van der Waals surface area contributed by atoms with Gasteiger partial charge in [-0.3, -0.25) is 10.1 Å². The Kier molecular flexibility index (Phi) is 6.05. The minimum absolute atomic E-state index is 0.0227. The summed E-state index contributed by atoms with van der Waals surface area (Å²) in [5.41, 5.74) is -0.940. The van der Waals surface area contributed by atoms with E-state index in [0.29, 0.717) is 0 Å². The number of hydrogen-bond donors (Lipinski definition) is 3. The number of oxime groups is 1. The zero-order chi connectivity index (χ0) is 18.3. The molecule has 1 atom stereocenters. The lowest BCUT2D eigenvalue weighted by Crippen LogP contribution is -2.38. The summed E-state index contributed by atoms with van der Waals surface area (Å²) in [6.07, 6.45) is -8.68. The van der Waals surface area contributed by atoms with Crippen molar-refractivity contribution < 1.29 is 37.1 Å². The highest BCUT2D eigenvalue weighted by Crippen LogP contribution is 2.26.